The summed E-state index contributed by atoms with van der Waals surface area (Å²) in [5, 5.41) is 1.41. The maximum atomic E-state index is 12.5. The molecule has 1 N–H and O–H groups in total. The first-order valence-electron chi connectivity index (χ1n) is 6.79. The Morgan fingerprint density at radius 1 is 1.15 bits per heavy atom. The third-order valence-corrected chi connectivity index (χ3v) is 3.20. The molecule has 106 valence electrons. The molecule has 0 aromatic heterocycles. The van der Waals surface area contributed by atoms with E-state index in [4.69, 9.17) is 0 Å². The minimum absolute atomic E-state index is 0.185. The summed E-state index contributed by atoms with van der Waals surface area (Å²) >= 11 is 0. The summed E-state index contributed by atoms with van der Waals surface area (Å²) in [6.07, 6.45) is 3.61. The van der Waals surface area contributed by atoms with Gasteiger partial charge in [0.25, 0.3) is 11.8 Å². The molecular formula is C16H20N2O2. The summed E-state index contributed by atoms with van der Waals surface area (Å²) in [6.45, 7) is 5.68. The molecule has 1 aromatic carbocycles. The summed E-state index contributed by atoms with van der Waals surface area (Å²) in [4.78, 5) is 24.6. The molecule has 0 heterocycles. The van der Waals surface area contributed by atoms with E-state index in [0.717, 1.165) is 18.4 Å². The highest BCUT2D eigenvalue weighted by molar-refractivity contribution is 5.99. The Morgan fingerprint density at radius 3 is 2.20 bits per heavy atom. The van der Waals surface area contributed by atoms with Gasteiger partial charge in [-0.25, -0.2) is 5.01 Å². The highest BCUT2D eigenvalue weighted by Gasteiger charge is 2.30. The van der Waals surface area contributed by atoms with Crippen LogP contribution in [0.4, 0.5) is 0 Å². The quantitative estimate of drug-likeness (QED) is 0.841. The Balaban J connectivity index is 2.20. The van der Waals surface area contributed by atoms with Gasteiger partial charge in [0.1, 0.15) is 0 Å². The van der Waals surface area contributed by atoms with Crippen LogP contribution in [-0.2, 0) is 4.79 Å². The van der Waals surface area contributed by atoms with Crippen molar-refractivity contribution in [2.45, 2.75) is 39.2 Å². The number of hydrogen-bond acceptors (Lipinski definition) is 2. The minimum Gasteiger partial charge on any atom is -0.268 e. The molecule has 0 saturated carbocycles. The molecule has 1 aromatic rings. The SMILES string of the molecule is CC(C)(C)N(NC(=O)C1=CCC1)C(=O)c1ccccc1. The van der Waals surface area contributed by atoms with Gasteiger partial charge in [-0.2, -0.15) is 0 Å². The summed E-state index contributed by atoms with van der Waals surface area (Å²) in [5.41, 5.74) is 3.55. The predicted molar refractivity (Wildman–Crippen MR) is 77.8 cm³/mol. The van der Waals surface area contributed by atoms with Crippen LogP contribution in [0, 0.1) is 0 Å². The lowest BCUT2D eigenvalue weighted by molar-refractivity contribution is -0.123. The fraction of sp³-hybridized carbons (Fsp3) is 0.375. The van der Waals surface area contributed by atoms with Crippen LogP contribution in [0.2, 0.25) is 0 Å². The predicted octanol–water partition coefficient (Wildman–Crippen LogP) is 2.68. The van der Waals surface area contributed by atoms with E-state index < -0.39 is 5.54 Å². The standard InChI is InChI=1S/C16H20N2O2/c1-16(2,3)18(17-14(19)12-10-7-11-12)15(20)13-8-5-4-6-9-13/h4-6,8-10H,7,11H2,1-3H3,(H,17,19). The van der Waals surface area contributed by atoms with Gasteiger partial charge in [0.15, 0.2) is 0 Å². The topological polar surface area (TPSA) is 49.4 Å². The maximum absolute atomic E-state index is 12.5. The molecule has 0 atom stereocenters. The van der Waals surface area contributed by atoms with Gasteiger partial charge in [-0.1, -0.05) is 24.3 Å². The number of hydrazine groups is 1. The van der Waals surface area contributed by atoms with E-state index in [2.05, 4.69) is 5.43 Å². The highest BCUT2D eigenvalue weighted by Crippen LogP contribution is 2.20. The van der Waals surface area contributed by atoms with Gasteiger partial charge >= 0.3 is 0 Å². The molecule has 20 heavy (non-hydrogen) atoms. The Hall–Kier alpha value is -2.10. The van der Waals surface area contributed by atoms with E-state index in [0.29, 0.717) is 5.56 Å². The van der Waals surface area contributed by atoms with E-state index >= 15 is 0 Å². The average molecular weight is 272 g/mol. The smallest absolute Gasteiger partial charge is 0.268 e. The van der Waals surface area contributed by atoms with Crippen molar-refractivity contribution in [3.05, 3.63) is 47.5 Å². The first-order valence-corrected chi connectivity index (χ1v) is 6.79. The van der Waals surface area contributed by atoms with Crippen LogP contribution in [-0.4, -0.2) is 22.4 Å². The van der Waals surface area contributed by atoms with Crippen LogP contribution in [0.15, 0.2) is 42.0 Å². The van der Waals surface area contributed by atoms with Crippen molar-refractivity contribution in [3.63, 3.8) is 0 Å². The highest BCUT2D eigenvalue weighted by atomic mass is 16.2. The first kappa shape index (κ1) is 14.3. The minimum atomic E-state index is -0.493. The molecule has 0 spiro atoms. The molecule has 0 saturated heterocycles. The normalized spacial score (nSPS) is 14.1. The van der Waals surface area contributed by atoms with Crippen molar-refractivity contribution >= 4 is 11.8 Å². The zero-order chi connectivity index (χ0) is 14.8. The zero-order valence-corrected chi connectivity index (χ0v) is 12.1. The summed E-state index contributed by atoms with van der Waals surface area (Å²) in [5.74, 6) is -0.387. The van der Waals surface area contributed by atoms with Crippen LogP contribution in [0.1, 0.15) is 44.0 Å². The molecule has 2 amide bonds. The average Bonchev–Trinajstić information content (AvgIpc) is 2.33. The molecule has 0 unspecified atom stereocenters. The lowest BCUT2D eigenvalue weighted by Crippen LogP contribution is -2.56. The second-order valence-corrected chi connectivity index (χ2v) is 5.89. The van der Waals surface area contributed by atoms with E-state index in [1.165, 1.54) is 5.01 Å². The molecular weight excluding hydrogens is 252 g/mol. The Morgan fingerprint density at radius 2 is 1.75 bits per heavy atom. The lowest BCUT2D eigenvalue weighted by atomic mass is 9.98. The monoisotopic (exact) mass is 272 g/mol. The fourth-order valence-electron chi connectivity index (χ4n) is 1.90. The first-order chi connectivity index (χ1) is 9.39. The number of nitrogens with one attached hydrogen (secondary N) is 1. The van der Waals surface area contributed by atoms with Crippen molar-refractivity contribution in [2.24, 2.45) is 0 Å². The number of rotatable bonds is 2. The van der Waals surface area contributed by atoms with Crippen LogP contribution < -0.4 is 5.43 Å². The van der Waals surface area contributed by atoms with Gasteiger partial charge in [0.05, 0.1) is 5.54 Å². The van der Waals surface area contributed by atoms with Crippen LogP contribution in [0.25, 0.3) is 0 Å². The van der Waals surface area contributed by atoms with Gasteiger partial charge in [-0.3, -0.25) is 15.0 Å². The van der Waals surface area contributed by atoms with Crippen LogP contribution in [0.3, 0.4) is 0 Å². The largest absolute Gasteiger partial charge is 0.272 e. The Labute approximate surface area is 119 Å². The van der Waals surface area contributed by atoms with E-state index in [1.54, 1.807) is 12.1 Å². The second-order valence-electron chi connectivity index (χ2n) is 5.89. The molecule has 1 aliphatic carbocycles. The van der Waals surface area contributed by atoms with Crippen LogP contribution in [0.5, 0.6) is 0 Å². The molecule has 0 radical (unpaired) electrons. The van der Waals surface area contributed by atoms with Crippen molar-refractivity contribution < 1.29 is 9.59 Å². The summed E-state index contributed by atoms with van der Waals surface area (Å²) < 4.78 is 0. The molecule has 4 heteroatoms. The fourth-order valence-corrected chi connectivity index (χ4v) is 1.90. The molecule has 0 aliphatic heterocycles. The second kappa shape index (κ2) is 5.49. The number of amides is 2. The Bertz CT molecular complexity index is 541. The van der Waals surface area contributed by atoms with E-state index in [-0.39, 0.29) is 11.8 Å². The molecule has 4 nitrogen and oxygen atoms in total. The number of carbonyl (C=O) groups excluding carboxylic acids is 2. The van der Waals surface area contributed by atoms with Gasteiger partial charge in [-0.05, 0) is 45.7 Å². The van der Waals surface area contributed by atoms with Gasteiger partial charge in [0, 0.05) is 11.1 Å². The van der Waals surface area contributed by atoms with Crippen molar-refractivity contribution in [2.75, 3.05) is 0 Å². The number of allylic oxidation sites excluding steroid dienone is 1. The number of hydrogen-bond donors (Lipinski definition) is 1. The van der Waals surface area contributed by atoms with Gasteiger partial charge in [0.2, 0.25) is 0 Å². The molecule has 0 bridgehead atoms. The summed E-state index contributed by atoms with van der Waals surface area (Å²) in [7, 11) is 0. The van der Waals surface area contributed by atoms with Crippen LogP contribution >= 0.6 is 0 Å². The maximum Gasteiger partial charge on any atom is 0.272 e. The zero-order valence-electron chi connectivity index (χ0n) is 12.1. The van der Waals surface area contributed by atoms with Crippen molar-refractivity contribution in [1.82, 2.24) is 10.4 Å². The lowest BCUT2D eigenvalue weighted by Gasteiger charge is -2.36. The number of carbonyl (C=O) groups is 2. The third kappa shape index (κ3) is 3.07. The summed E-state index contributed by atoms with van der Waals surface area (Å²) in [6, 6.07) is 8.97. The Kier molecular flexibility index (Phi) is 3.93. The van der Waals surface area contributed by atoms with E-state index in [1.807, 2.05) is 45.0 Å². The number of nitrogens with zero attached hydrogens (tertiary/aromatic N) is 1. The van der Waals surface area contributed by atoms with Gasteiger partial charge in [-0.15, -0.1) is 0 Å². The molecule has 2 rings (SSSR count). The third-order valence-electron chi connectivity index (χ3n) is 3.20. The number of benzene rings is 1. The van der Waals surface area contributed by atoms with Crippen molar-refractivity contribution in [3.8, 4) is 0 Å². The molecule has 1 aliphatic rings. The molecule has 0 fully saturated rings. The van der Waals surface area contributed by atoms with Gasteiger partial charge < -0.3 is 0 Å². The van der Waals surface area contributed by atoms with E-state index in [9.17, 15) is 9.59 Å². The van der Waals surface area contributed by atoms with Crippen molar-refractivity contribution in [1.29, 1.82) is 0 Å².